The second-order valence-electron chi connectivity index (χ2n) is 6.99. The Morgan fingerprint density at radius 1 is 0.909 bits per heavy atom. The largest absolute Gasteiger partial charge is 0.493 e. The third kappa shape index (κ3) is 6.39. The smallest absolute Gasteiger partial charge is 0.338 e. The van der Waals surface area contributed by atoms with Crippen LogP contribution in [-0.2, 0) is 9.53 Å². The van der Waals surface area contributed by atoms with Crippen LogP contribution in [-0.4, -0.2) is 37.5 Å². The van der Waals surface area contributed by atoms with Crippen LogP contribution in [0, 0.1) is 5.82 Å². The Labute approximate surface area is 190 Å². The van der Waals surface area contributed by atoms with Gasteiger partial charge >= 0.3 is 5.97 Å². The van der Waals surface area contributed by atoms with Crippen LogP contribution in [0.5, 0.6) is 11.5 Å². The molecule has 0 aliphatic carbocycles. The third-order valence-electron chi connectivity index (χ3n) is 4.60. The zero-order valence-electron chi connectivity index (χ0n) is 18.0. The van der Waals surface area contributed by atoms with E-state index in [2.05, 4.69) is 5.32 Å². The molecule has 33 heavy (non-hydrogen) atoms. The molecule has 0 fully saturated rings. The van der Waals surface area contributed by atoms with Crippen molar-refractivity contribution in [2.45, 2.75) is 13.0 Å². The molecule has 0 spiro atoms. The molecule has 0 saturated heterocycles. The molecule has 1 atom stereocenters. The summed E-state index contributed by atoms with van der Waals surface area (Å²) in [5, 5.41) is 2.57. The number of anilines is 1. The van der Waals surface area contributed by atoms with Gasteiger partial charge in [0.05, 0.1) is 12.7 Å². The van der Waals surface area contributed by atoms with Crippen LogP contribution < -0.4 is 14.8 Å². The fourth-order valence-corrected chi connectivity index (χ4v) is 2.91. The summed E-state index contributed by atoms with van der Waals surface area (Å²) in [6.07, 6.45) is -0.975. The summed E-state index contributed by atoms with van der Waals surface area (Å²) in [5.41, 5.74) is 1.02. The summed E-state index contributed by atoms with van der Waals surface area (Å²) in [7, 11) is 1.39. The van der Waals surface area contributed by atoms with Gasteiger partial charge in [-0.3, -0.25) is 9.59 Å². The predicted octanol–water partition coefficient (Wildman–Crippen LogP) is 4.28. The molecule has 0 saturated carbocycles. The SMILES string of the molecule is COc1cc(C(=O)O[C@H](C)C(=O)c2ccccc2)ccc1OCC(=O)Nc1ccc(F)cc1. The van der Waals surface area contributed by atoms with Gasteiger partial charge in [-0.25, -0.2) is 9.18 Å². The second kappa shape index (κ2) is 10.9. The number of ether oxygens (including phenoxy) is 3. The summed E-state index contributed by atoms with van der Waals surface area (Å²) >= 11 is 0. The van der Waals surface area contributed by atoms with Gasteiger partial charge in [-0.1, -0.05) is 30.3 Å². The molecule has 0 aliphatic rings. The lowest BCUT2D eigenvalue weighted by molar-refractivity contribution is -0.118. The summed E-state index contributed by atoms with van der Waals surface area (Å²) in [4.78, 5) is 37.0. The fraction of sp³-hybridized carbons (Fsp3) is 0.160. The first-order chi connectivity index (χ1) is 15.9. The molecular weight excluding hydrogens is 429 g/mol. The lowest BCUT2D eigenvalue weighted by Gasteiger charge is -2.14. The highest BCUT2D eigenvalue weighted by Gasteiger charge is 2.21. The van der Waals surface area contributed by atoms with E-state index in [-0.39, 0.29) is 29.5 Å². The third-order valence-corrected chi connectivity index (χ3v) is 4.60. The highest BCUT2D eigenvalue weighted by Crippen LogP contribution is 2.28. The van der Waals surface area contributed by atoms with E-state index in [0.29, 0.717) is 11.3 Å². The molecule has 1 N–H and O–H groups in total. The molecular formula is C25H22FNO6. The van der Waals surface area contributed by atoms with Crippen LogP contribution in [0.1, 0.15) is 27.6 Å². The van der Waals surface area contributed by atoms with Crippen molar-refractivity contribution in [3.05, 3.63) is 89.7 Å². The highest BCUT2D eigenvalue weighted by molar-refractivity contribution is 6.01. The van der Waals surface area contributed by atoms with Crippen molar-refractivity contribution >= 4 is 23.3 Å². The lowest BCUT2D eigenvalue weighted by atomic mass is 10.1. The normalized spacial score (nSPS) is 11.2. The molecule has 3 rings (SSSR count). The topological polar surface area (TPSA) is 90.9 Å². The molecule has 0 unspecified atom stereocenters. The van der Waals surface area contributed by atoms with E-state index in [1.165, 1.54) is 56.5 Å². The van der Waals surface area contributed by atoms with Crippen molar-refractivity contribution in [3.63, 3.8) is 0 Å². The Morgan fingerprint density at radius 2 is 1.61 bits per heavy atom. The summed E-state index contributed by atoms with van der Waals surface area (Å²) in [6.45, 7) is 1.17. The van der Waals surface area contributed by atoms with Crippen LogP contribution >= 0.6 is 0 Å². The molecule has 1 amide bonds. The number of carbonyl (C=O) groups excluding carboxylic acids is 3. The maximum absolute atomic E-state index is 13.0. The molecule has 8 heteroatoms. The first-order valence-corrected chi connectivity index (χ1v) is 10.0. The number of rotatable bonds is 9. The van der Waals surface area contributed by atoms with Crippen molar-refractivity contribution in [1.82, 2.24) is 0 Å². The first-order valence-electron chi connectivity index (χ1n) is 10.0. The number of halogens is 1. The van der Waals surface area contributed by atoms with Gasteiger partial charge in [-0.05, 0) is 49.4 Å². The summed E-state index contributed by atoms with van der Waals surface area (Å²) < 4.78 is 29.0. The van der Waals surface area contributed by atoms with E-state index in [1.54, 1.807) is 30.3 Å². The molecule has 0 aliphatic heterocycles. The number of methoxy groups -OCH3 is 1. The van der Waals surface area contributed by atoms with E-state index in [0.717, 1.165) is 0 Å². The molecule has 3 aromatic carbocycles. The van der Waals surface area contributed by atoms with Gasteiger partial charge in [0.1, 0.15) is 5.82 Å². The van der Waals surface area contributed by atoms with Crippen LogP contribution in [0.2, 0.25) is 0 Å². The molecule has 0 bridgehead atoms. The Bertz CT molecular complexity index is 1130. The summed E-state index contributed by atoms with van der Waals surface area (Å²) in [5.74, 6) is -1.45. The average molecular weight is 451 g/mol. The number of benzene rings is 3. The van der Waals surface area contributed by atoms with Crippen molar-refractivity contribution in [2.24, 2.45) is 0 Å². The van der Waals surface area contributed by atoms with E-state index < -0.39 is 23.8 Å². The number of ketones is 1. The minimum atomic E-state index is -0.975. The van der Waals surface area contributed by atoms with Gasteiger partial charge in [0.25, 0.3) is 5.91 Å². The zero-order valence-corrected chi connectivity index (χ0v) is 18.0. The Kier molecular flexibility index (Phi) is 7.75. The van der Waals surface area contributed by atoms with Gasteiger partial charge < -0.3 is 19.5 Å². The van der Waals surface area contributed by atoms with Gasteiger partial charge in [-0.15, -0.1) is 0 Å². The number of amides is 1. The highest BCUT2D eigenvalue weighted by atomic mass is 19.1. The number of Topliss-reactive ketones (excluding diaryl/α,β-unsaturated/α-hetero) is 1. The zero-order chi connectivity index (χ0) is 23.8. The van der Waals surface area contributed by atoms with Gasteiger partial charge in [-0.2, -0.15) is 0 Å². The number of esters is 1. The molecule has 3 aromatic rings. The minimum Gasteiger partial charge on any atom is -0.493 e. The van der Waals surface area contributed by atoms with Crippen LogP contribution in [0.15, 0.2) is 72.8 Å². The van der Waals surface area contributed by atoms with Crippen LogP contribution in [0.4, 0.5) is 10.1 Å². The maximum Gasteiger partial charge on any atom is 0.338 e. The Hall–Kier alpha value is -4.20. The molecule has 0 radical (unpaired) electrons. The monoisotopic (exact) mass is 451 g/mol. The number of hydrogen-bond acceptors (Lipinski definition) is 6. The van der Waals surface area contributed by atoms with Crippen molar-refractivity contribution in [1.29, 1.82) is 0 Å². The minimum absolute atomic E-state index is 0.155. The second-order valence-corrected chi connectivity index (χ2v) is 6.99. The number of hydrogen-bond donors (Lipinski definition) is 1. The van der Waals surface area contributed by atoms with E-state index in [1.807, 2.05) is 0 Å². The molecule has 170 valence electrons. The number of nitrogens with one attached hydrogen (secondary N) is 1. The van der Waals surface area contributed by atoms with E-state index in [4.69, 9.17) is 14.2 Å². The maximum atomic E-state index is 13.0. The fourth-order valence-electron chi connectivity index (χ4n) is 2.91. The van der Waals surface area contributed by atoms with Crippen molar-refractivity contribution < 1.29 is 33.0 Å². The number of carbonyl (C=O) groups is 3. The quantitative estimate of drug-likeness (QED) is 0.386. The van der Waals surface area contributed by atoms with Crippen LogP contribution in [0.3, 0.4) is 0 Å². The standard InChI is InChI=1S/C25H22FNO6/c1-16(24(29)17-6-4-3-5-7-17)33-25(30)18-8-13-21(22(14-18)31-2)32-15-23(28)27-20-11-9-19(26)10-12-20/h3-14,16H,15H2,1-2H3,(H,27,28)/t16-/m1/s1. The molecule has 0 aromatic heterocycles. The lowest BCUT2D eigenvalue weighted by Crippen LogP contribution is -2.24. The molecule has 0 heterocycles. The van der Waals surface area contributed by atoms with E-state index in [9.17, 15) is 18.8 Å². The van der Waals surface area contributed by atoms with Crippen LogP contribution in [0.25, 0.3) is 0 Å². The van der Waals surface area contributed by atoms with Gasteiger partial charge in [0.2, 0.25) is 5.78 Å². The Balaban J connectivity index is 1.60. The van der Waals surface area contributed by atoms with Gasteiger partial charge in [0, 0.05) is 11.3 Å². The summed E-state index contributed by atoms with van der Waals surface area (Å²) in [6, 6.07) is 18.2. The first kappa shape index (κ1) is 23.5. The van der Waals surface area contributed by atoms with Crippen molar-refractivity contribution in [3.8, 4) is 11.5 Å². The van der Waals surface area contributed by atoms with E-state index >= 15 is 0 Å². The average Bonchev–Trinajstić information content (AvgIpc) is 2.84. The van der Waals surface area contributed by atoms with Crippen molar-refractivity contribution in [2.75, 3.05) is 19.0 Å². The predicted molar refractivity (Wildman–Crippen MR) is 119 cm³/mol. The molecule has 7 nitrogen and oxygen atoms in total. The van der Waals surface area contributed by atoms with Gasteiger partial charge in [0.15, 0.2) is 24.2 Å². The Morgan fingerprint density at radius 3 is 2.27 bits per heavy atom.